The van der Waals surface area contributed by atoms with E-state index in [1.807, 2.05) is 6.07 Å². The lowest BCUT2D eigenvalue weighted by Crippen LogP contribution is -2.37. The van der Waals surface area contributed by atoms with Gasteiger partial charge in [0, 0.05) is 18.2 Å². The number of rotatable bonds is 3. The molecule has 2 heterocycles. The van der Waals surface area contributed by atoms with E-state index in [1.54, 1.807) is 18.2 Å². The highest BCUT2D eigenvalue weighted by molar-refractivity contribution is 5.73. The molecular formula is C17H18FNO2. The summed E-state index contributed by atoms with van der Waals surface area (Å²) in [5.41, 5.74) is 1.29. The molecule has 0 spiro atoms. The fraction of sp³-hybridized carbons (Fsp3) is 0.353. The normalized spacial score (nSPS) is 18.8. The second-order valence-corrected chi connectivity index (χ2v) is 5.52. The summed E-state index contributed by atoms with van der Waals surface area (Å²) in [6.45, 7) is 3.03. The number of piperidine rings is 1. The quantitative estimate of drug-likeness (QED) is 0.790. The second kappa shape index (κ2) is 5.72. The first-order valence-electron chi connectivity index (χ1n) is 7.30. The summed E-state index contributed by atoms with van der Waals surface area (Å²) in [6.07, 6.45) is 4.05. The van der Waals surface area contributed by atoms with Crippen LogP contribution in [0.4, 0.5) is 10.1 Å². The summed E-state index contributed by atoms with van der Waals surface area (Å²) in [5, 5.41) is 0. The monoisotopic (exact) mass is 287 g/mol. The Bertz CT molecular complexity index is 650. The topological polar surface area (TPSA) is 33.5 Å². The van der Waals surface area contributed by atoms with Crippen molar-refractivity contribution in [1.29, 1.82) is 0 Å². The predicted octanol–water partition coefficient (Wildman–Crippen LogP) is 4.28. The second-order valence-electron chi connectivity index (χ2n) is 5.52. The predicted molar refractivity (Wildman–Crippen MR) is 80.1 cm³/mol. The first kappa shape index (κ1) is 13.9. The number of carbonyl (C=O) groups is 1. The van der Waals surface area contributed by atoms with Crippen LogP contribution in [0.5, 0.6) is 0 Å². The van der Waals surface area contributed by atoms with Crippen LogP contribution < -0.4 is 4.90 Å². The summed E-state index contributed by atoms with van der Waals surface area (Å²) in [7, 11) is 0. The zero-order valence-corrected chi connectivity index (χ0v) is 12.0. The van der Waals surface area contributed by atoms with Crippen LogP contribution >= 0.6 is 0 Å². The van der Waals surface area contributed by atoms with Gasteiger partial charge in [-0.05, 0) is 56.5 Å². The van der Waals surface area contributed by atoms with Gasteiger partial charge in [0.1, 0.15) is 11.6 Å². The minimum absolute atomic E-state index is 0.245. The molecule has 3 rings (SSSR count). The third-order valence-electron chi connectivity index (χ3n) is 4.09. The number of halogens is 1. The van der Waals surface area contributed by atoms with E-state index in [2.05, 4.69) is 11.8 Å². The maximum Gasteiger partial charge on any atom is 0.185 e. The van der Waals surface area contributed by atoms with E-state index in [-0.39, 0.29) is 11.6 Å². The molecule has 1 atom stereocenters. The molecule has 21 heavy (non-hydrogen) atoms. The number of hydrogen-bond acceptors (Lipinski definition) is 3. The lowest BCUT2D eigenvalue weighted by Gasteiger charge is -2.35. The van der Waals surface area contributed by atoms with Crippen molar-refractivity contribution in [2.75, 3.05) is 11.4 Å². The molecule has 0 radical (unpaired) electrons. The van der Waals surface area contributed by atoms with E-state index < -0.39 is 0 Å². The number of carbonyl (C=O) groups excluding carboxylic acids is 1. The van der Waals surface area contributed by atoms with Crippen LogP contribution in [0.25, 0.3) is 11.3 Å². The Morgan fingerprint density at radius 1 is 1.29 bits per heavy atom. The molecule has 1 aliphatic heterocycles. The standard InChI is InChI=1S/C17H18FNO2/c1-12-4-2-3-9-19(12)16-7-5-13(10-15(16)18)17-8-6-14(11-20)21-17/h5-8,10-12H,2-4,9H2,1H3. The molecule has 0 amide bonds. The van der Waals surface area contributed by atoms with Crippen molar-refractivity contribution >= 4 is 12.0 Å². The Hall–Kier alpha value is -2.10. The first-order valence-corrected chi connectivity index (χ1v) is 7.30. The van der Waals surface area contributed by atoms with E-state index in [1.165, 1.54) is 12.5 Å². The van der Waals surface area contributed by atoms with Crippen LogP contribution in [-0.4, -0.2) is 18.9 Å². The fourth-order valence-electron chi connectivity index (χ4n) is 2.92. The van der Waals surface area contributed by atoms with Crippen LogP contribution in [-0.2, 0) is 0 Å². The Balaban J connectivity index is 1.90. The minimum Gasteiger partial charge on any atom is -0.453 e. The molecule has 1 fully saturated rings. The Morgan fingerprint density at radius 3 is 2.81 bits per heavy atom. The third-order valence-corrected chi connectivity index (χ3v) is 4.09. The number of benzene rings is 1. The van der Waals surface area contributed by atoms with Crippen LogP contribution in [0.15, 0.2) is 34.7 Å². The van der Waals surface area contributed by atoms with Gasteiger partial charge in [0.25, 0.3) is 0 Å². The molecule has 1 unspecified atom stereocenters. The molecule has 1 saturated heterocycles. The van der Waals surface area contributed by atoms with E-state index in [4.69, 9.17) is 4.42 Å². The summed E-state index contributed by atoms with van der Waals surface area (Å²) in [4.78, 5) is 12.8. The van der Waals surface area contributed by atoms with Crippen LogP contribution in [0.2, 0.25) is 0 Å². The number of hydrogen-bond donors (Lipinski definition) is 0. The maximum absolute atomic E-state index is 14.4. The lowest BCUT2D eigenvalue weighted by atomic mass is 10.0. The maximum atomic E-state index is 14.4. The molecule has 4 heteroatoms. The van der Waals surface area contributed by atoms with E-state index in [0.29, 0.717) is 29.3 Å². The smallest absolute Gasteiger partial charge is 0.185 e. The lowest BCUT2D eigenvalue weighted by molar-refractivity contribution is 0.110. The van der Waals surface area contributed by atoms with Crippen molar-refractivity contribution in [3.8, 4) is 11.3 Å². The molecule has 2 aromatic rings. The zero-order valence-electron chi connectivity index (χ0n) is 12.0. The van der Waals surface area contributed by atoms with Gasteiger partial charge in [0.05, 0.1) is 5.69 Å². The largest absolute Gasteiger partial charge is 0.453 e. The average molecular weight is 287 g/mol. The van der Waals surface area contributed by atoms with E-state index in [9.17, 15) is 9.18 Å². The van der Waals surface area contributed by atoms with Gasteiger partial charge in [0.2, 0.25) is 0 Å². The van der Waals surface area contributed by atoms with Crippen LogP contribution in [0.3, 0.4) is 0 Å². The summed E-state index contributed by atoms with van der Waals surface area (Å²) in [5.74, 6) is 0.513. The van der Waals surface area contributed by atoms with Crippen LogP contribution in [0, 0.1) is 5.82 Å². The highest BCUT2D eigenvalue weighted by Crippen LogP contribution is 2.31. The van der Waals surface area contributed by atoms with Gasteiger partial charge in [-0.1, -0.05) is 0 Å². The van der Waals surface area contributed by atoms with Gasteiger partial charge in [-0.2, -0.15) is 0 Å². The van der Waals surface area contributed by atoms with Gasteiger partial charge < -0.3 is 9.32 Å². The molecule has 1 aromatic carbocycles. The summed E-state index contributed by atoms with van der Waals surface area (Å²) >= 11 is 0. The molecule has 0 aliphatic carbocycles. The van der Waals surface area contributed by atoms with E-state index >= 15 is 0 Å². The molecule has 1 aromatic heterocycles. The fourth-order valence-corrected chi connectivity index (χ4v) is 2.92. The van der Waals surface area contributed by atoms with E-state index in [0.717, 1.165) is 19.4 Å². The first-order chi connectivity index (χ1) is 10.2. The molecule has 3 nitrogen and oxygen atoms in total. The average Bonchev–Trinajstić information content (AvgIpc) is 2.97. The third kappa shape index (κ3) is 2.71. The number of anilines is 1. The number of aldehydes is 1. The number of nitrogens with zero attached hydrogens (tertiary/aromatic N) is 1. The minimum atomic E-state index is -0.245. The Morgan fingerprint density at radius 2 is 2.14 bits per heavy atom. The Labute approximate surface area is 123 Å². The highest BCUT2D eigenvalue weighted by Gasteiger charge is 2.21. The summed E-state index contributed by atoms with van der Waals surface area (Å²) < 4.78 is 19.8. The van der Waals surface area contributed by atoms with Gasteiger partial charge in [-0.3, -0.25) is 4.79 Å². The van der Waals surface area contributed by atoms with Crippen molar-refractivity contribution in [3.05, 3.63) is 41.9 Å². The molecule has 1 aliphatic rings. The van der Waals surface area contributed by atoms with Gasteiger partial charge in [-0.25, -0.2) is 4.39 Å². The van der Waals surface area contributed by atoms with Crippen molar-refractivity contribution in [3.63, 3.8) is 0 Å². The molecule has 0 bridgehead atoms. The number of furan rings is 1. The molecule has 0 N–H and O–H groups in total. The molecule has 0 saturated carbocycles. The van der Waals surface area contributed by atoms with Crippen molar-refractivity contribution in [1.82, 2.24) is 0 Å². The SMILES string of the molecule is CC1CCCCN1c1ccc(-c2ccc(C=O)o2)cc1F. The van der Waals surface area contributed by atoms with Crippen molar-refractivity contribution < 1.29 is 13.6 Å². The summed E-state index contributed by atoms with van der Waals surface area (Å²) in [6, 6.07) is 8.75. The van der Waals surface area contributed by atoms with Crippen molar-refractivity contribution in [2.24, 2.45) is 0 Å². The van der Waals surface area contributed by atoms with Crippen LogP contribution in [0.1, 0.15) is 36.7 Å². The van der Waals surface area contributed by atoms with Gasteiger partial charge in [-0.15, -0.1) is 0 Å². The van der Waals surface area contributed by atoms with Crippen molar-refractivity contribution in [2.45, 2.75) is 32.2 Å². The Kier molecular flexibility index (Phi) is 3.78. The van der Waals surface area contributed by atoms with Gasteiger partial charge in [0.15, 0.2) is 12.0 Å². The molecular weight excluding hydrogens is 269 g/mol. The molecule has 110 valence electrons. The highest BCUT2D eigenvalue weighted by atomic mass is 19.1. The van der Waals surface area contributed by atoms with Gasteiger partial charge >= 0.3 is 0 Å². The zero-order chi connectivity index (χ0) is 14.8.